The molecule has 1 unspecified atom stereocenters. The molecule has 1 saturated heterocycles. The maximum atomic E-state index is 12.6. The topological polar surface area (TPSA) is 33.5 Å². The lowest BCUT2D eigenvalue weighted by Crippen LogP contribution is -3.07. The van der Waals surface area contributed by atoms with E-state index in [0.29, 0.717) is 13.1 Å². The Labute approximate surface area is 103 Å². The van der Waals surface area contributed by atoms with Crippen LogP contribution in [0.15, 0.2) is 12.3 Å². The molecule has 1 aromatic heterocycles. The van der Waals surface area contributed by atoms with Crippen molar-refractivity contribution in [1.29, 1.82) is 0 Å². The smallest absolute Gasteiger partial charge is 0.433 e. The van der Waals surface area contributed by atoms with E-state index in [0.717, 1.165) is 36.7 Å². The van der Waals surface area contributed by atoms with Crippen molar-refractivity contribution >= 4 is 5.95 Å². The van der Waals surface area contributed by atoms with Crippen molar-refractivity contribution in [2.75, 3.05) is 31.1 Å². The highest BCUT2D eigenvalue weighted by Gasteiger charge is 2.33. The average Bonchev–Trinajstić information content (AvgIpc) is 2.53. The molecule has 0 aliphatic carbocycles. The summed E-state index contributed by atoms with van der Waals surface area (Å²) in [5, 5.41) is 0. The number of hydrogen-bond acceptors (Lipinski definition) is 3. The van der Waals surface area contributed by atoms with Gasteiger partial charge in [0.05, 0.1) is 19.6 Å². The molecule has 1 fully saturated rings. The minimum atomic E-state index is -4.42. The Hall–Kier alpha value is -1.37. The van der Waals surface area contributed by atoms with Crippen LogP contribution in [0.1, 0.15) is 12.1 Å². The number of nitrogens with zero attached hydrogens (tertiary/aromatic N) is 3. The molecule has 4 nitrogen and oxygen atoms in total. The molecule has 1 atom stereocenters. The zero-order valence-corrected chi connectivity index (χ0v) is 9.87. The predicted octanol–water partition coefficient (Wildman–Crippen LogP) is 0.382. The fourth-order valence-corrected chi connectivity index (χ4v) is 1.91. The second kappa shape index (κ2) is 5.09. The number of alkyl halides is 3. The van der Waals surface area contributed by atoms with Gasteiger partial charge >= 0.3 is 6.18 Å². The zero-order chi connectivity index (χ0) is 13.2. The van der Waals surface area contributed by atoms with Gasteiger partial charge in [-0.25, -0.2) is 9.97 Å². The molecule has 0 saturated carbocycles. The van der Waals surface area contributed by atoms with Crippen LogP contribution in [0.25, 0.3) is 0 Å². The van der Waals surface area contributed by atoms with Crippen LogP contribution in [-0.4, -0.2) is 36.1 Å². The van der Waals surface area contributed by atoms with Crippen LogP contribution < -0.4 is 9.80 Å². The lowest BCUT2D eigenvalue weighted by Gasteiger charge is -2.21. The number of hydrogen-bond donors (Lipinski definition) is 1. The first-order valence-electron chi connectivity index (χ1n) is 5.78. The van der Waals surface area contributed by atoms with Crippen molar-refractivity contribution in [3.8, 4) is 0 Å². The number of halogens is 3. The molecule has 0 amide bonds. The number of rotatable bonds is 1. The van der Waals surface area contributed by atoms with Crippen molar-refractivity contribution in [1.82, 2.24) is 9.97 Å². The Morgan fingerprint density at radius 3 is 2.78 bits per heavy atom. The second-order valence-corrected chi connectivity index (χ2v) is 4.33. The molecule has 0 aromatic carbocycles. The van der Waals surface area contributed by atoms with Gasteiger partial charge in [0.2, 0.25) is 5.95 Å². The number of anilines is 1. The summed E-state index contributed by atoms with van der Waals surface area (Å²) in [6.07, 6.45) is -2.39. The van der Waals surface area contributed by atoms with Crippen LogP contribution >= 0.6 is 0 Å². The lowest BCUT2D eigenvalue weighted by molar-refractivity contribution is -0.850. The molecule has 1 aliphatic heterocycles. The highest BCUT2D eigenvalue weighted by atomic mass is 19.4. The maximum Gasteiger partial charge on any atom is 0.433 e. The van der Waals surface area contributed by atoms with Crippen molar-refractivity contribution in [2.45, 2.75) is 12.6 Å². The molecule has 1 aromatic rings. The molecule has 2 heterocycles. The average molecular weight is 260 g/mol. The first kappa shape index (κ1) is 13.1. The van der Waals surface area contributed by atoms with Gasteiger partial charge in [0.1, 0.15) is 5.69 Å². The van der Waals surface area contributed by atoms with Gasteiger partial charge in [0.15, 0.2) is 0 Å². The summed E-state index contributed by atoms with van der Waals surface area (Å²) >= 11 is 0. The van der Waals surface area contributed by atoms with Crippen molar-refractivity contribution in [3.05, 3.63) is 25.0 Å². The van der Waals surface area contributed by atoms with Crippen molar-refractivity contribution in [2.24, 2.45) is 0 Å². The molecule has 2 rings (SSSR count). The molecule has 0 spiro atoms. The van der Waals surface area contributed by atoms with Crippen LogP contribution in [0.4, 0.5) is 19.1 Å². The minimum Gasteiger partial charge on any atom is -0.466 e. The van der Waals surface area contributed by atoms with Crippen LogP contribution in [0, 0.1) is 7.05 Å². The number of aromatic nitrogens is 2. The molecule has 18 heavy (non-hydrogen) atoms. The minimum absolute atomic E-state index is 0.152. The van der Waals surface area contributed by atoms with Gasteiger partial charge in [-0.05, 0) is 6.07 Å². The van der Waals surface area contributed by atoms with E-state index in [2.05, 4.69) is 17.0 Å². The quantitative estimate of drug-likeness (QED) is 0.741. The third-order valence-electron chi connectivity index (χ3n) is 2.91. The van der Waals surface area contributed by atoms with Crippen LogP contribution in [0.2, 0.25) is 0 Å². The van der Waals surface area contributed by atoms with Crippen LogP contribution in [0.3, 0.4) is 0 Å². The molecular weight excluding hydrogens is 245 g/mol. The summed E-state index contributed by atoms with van der Waals surface area (Å²) in [7, 11) is 3.91. The van der Waals surface area contributed by atoms with E-state index in [9.17, 15) is 13.2 Å². The Bertz CT molecular complexity index is 408. The van der Waals surface area contributed by atoms with Crippen LogP contribution in [0.5, 0.6) is 0 Å². The molecular formula is C11H15F3N4. The van der Waals surface area contributed by atoms with Gasteiger partial charge in [-0.15, -0.1) is 0 Å². The molecule has 1 aliphatic rings. The summed E-state index contributed by atoms with van der Waals surface area (Å²) in [5.74, 6) is 0.152. The number of nitrogens with one attached hydrogen (secondary N) is 1. The standard InChI is InChI=1S/C11H15F3N4/c1-17-5-2-6-18(8-7-17)10-15-4-3-9(16-10)11(12,13)14/h3-4,17H,1-2,5-8H2. The van der Waals surface area contributed by atoms with E-state index in [1.165, 1.54) is 0 Å². The monoisotopic (exact) mass is 260 g/mol. The maximum absolute atomic E-state index is 12.6. The highest BCUT2D eigenvalue weighted by Crippen LogP contribution is 2.28. The van der Waals surface area contributed by atoms with E-state index < -0.39 is 11.9 Å². The first-order valence-corrected chi connectivity index (χ1v) is 5.78. The Morgan fingerprint density at radius 2 is 2.06 bits per heavy atom. The van der Waals surface area contributed by atoms with E-state index in [1.807, 2.05) is 0 Å². The normalized spacial score (nSPS) is 21.8. The highest BCUT2D eigenvalue weighted by molar-refractivity contribution is 5.30. The van der Waals surface area contributed by atoms with E-state index in [1.54, 1.807) is 4.90 Å². The first-order chi connectivity index (χ1) is 8.47. The van der Waals surface area contributed by atoms with E-state index in [-0.39, 0.29) is 5.95 Å². The van der Waals surface area contributed by atoms with Crippen molar-refractivity contribution in [3.63, 3.8) is 0 Å². The zero-order valence-electron chi connectivity index (χ0n) is 9.87. The summed E-state index contributed by atoms with van der Waals surface area (Å²) in [5.41, 5.74) is -0.893. The fraction of sp³-hybridized carbons (Fsp3) is 0.545. The number of quaternary nitrogens is 1. The second-order valence-electron chi connectivity index (χ2n) is 4.33. The molecule has 100 valence electrons. The van der Waals surface area contributed by atoms with Gasteiger partial charge in [0.25, 0.3) is 0 Å². The van der Waals surface area contributed by atoms with Gasteiger partial charge in [-0.1, -0.05) is 0 Å². The summed E-state index contributed by atoms with van der Waals surface area (Å²) in [6, 6.07) is 0.889. The largest absolute Gasteiger partial charge is 0.466 e. The summed E-state index contributed by atoms with van der Waals surface area (Å²) < 4.78 is 37.7. The predicted molar refractivity (Wildman–Crippen MR) is 59.9 cm³/mol. The fourth-order valence-electron chi connectivity index (χ4n) is 1.91. The third kappa shape index (κ3) is 3.10. The van der Waals surface area contributed by atoms with Crippen molar-refractivity contribution < 1.29 is 18.1 Å². The van der Waals surface area contributed by atoms with Gasteiger partial charge in [0, 0.05) is 19.2 Å². The summed E-state index contributed by atoms with van der Waals surface area (Å²) in [4.78, 5) is 10.4. The molecule has 0 bridgehead atoms. The SMILES string of the molecule is [CH2-][NH+]1CCCN(c2nccc(C(F)(F)F)n2)CC1. The Morgan fingerprint density at radius 1 is 1.28 bits per heavy atom. The van der Waals surface area contributed by atoms with Gasteiger partial charge in [-0.3, -0.25) is 0 Å². The Balaban J connectivity index is 2.17. The molecule has 0 radical (unpaired) electrons. The van der Waals surface area contributed by atoms with Crippen LogP contribution in [-0.2, 0) is 6.18 Å². The lowest BCUT2D eigenvalue weighted by atomic mass is 10.4. The third-order valence-corrected chi connectivity index (χ3v) is 2.91. The van der Waals surface area contributed by atoms with Gasteiger partial charge in [-0.2, -0.15) is 20.2 Å². The molecule has 7 heteroatoms. The Kier molecular flexibility index (Phi) is 3.70. The van der Waals surface area contributed by atoms with E-state index in [4.69, 9.17) is 0 Å². The van der Waals surface area contributed by atoms with Gasteiger partial charge < -0.3 is 9.80 Å². The molecule has 1 N–H and O–H groups in total. The van der Waals surface area contributed by atoms with E-state index >= 15 is 0 Å². The summed E-state index contributed by atoms with van der Waals surface area (Å²) in [6.45, 7) is 2.98.